The number of aliphatic hydroxyl groups is 10. The Morgan fingerprint density at radius 2 is 0.853 bits per heavy atom. The molecular formula is C102H172N10O31. The van der Waals surface area contributed by atoms with E-state index in [0.29, 0.717) is 65.2 Å². The van der Waals surface area contributed by atoms with Gasteiger partial charge in [0.2, 0.25) is 5.91 Å². The van der Waals surface area contributed by atoms with E-state index in [1.807, 2.05) is 82.4 Å². The van der Waals surface area contributed by atoms with Crippen molar-refractivity contribution >= 4 is 46.6 Å². The van der Waals surface area contributed by atoms with Crippen LogP contribution in [0.1, 0.15) is 190 Å². The number of non-ortho nitro benzene ring substituents is 2. The number of benzene rings is 2. The fourth-order valence-electron chi connectivity index (χ4n) is 24.1. The van der Waals surface area contributed by atoms with Crippen molar-refractivity contribution < 1.29 is 142 Å². The number of methoxy groups -OCH3 is 2. The van der Waals surface area contributed by atoms with Crippen LogP contribution in [0, 0.1) is 91.2 Å². The molecular weight excluding hydrogens is 1860 g/mol. The number of likely N-dealkylation sites (N-methyl/N-ethyl adjacent to an activating group) is 4. The second-order valence-corrected chi connectivity index (χ2v) is 44.8. The summed E-state index contributed by atoms with van der Waals surface area (Å²) in [5, 5.41) is 152. The molecule has 0 radical (unpaired) electrons. The predicted molar refractivity (Wildman–Crippen MR) is 528 cm³/mol. The van der Waals surface area contributed by atoms with Crippen molar-refractivity contribution in [3.63, 3.8) is 0 Å². The van der Waals surface area contributed by atoms with Crippen molar-refractivity contribution in [1.82, 2.24) is 24.9 Å². The summed E-state index contributed by atoms with van der Waals surface area (Å²) in [4.78, 5) is 85.8. The van der Waals surface area contributed by atoms with Gasteiger partial charge in [-0.25, -0.2) is 0 Å². The molecule has 3 unspecified atom stereocenters. The van der Waals surface area contributed by atoms with E-state index < -0.39 is 220 Å². The van der Waals surface area contributed by atoms with Crippen molar-refractivity contribution in [2.45, 2.75) is 370 Å². The minimum Gasteiger partial charge on any atom is -0.481 e. The number of ether oxygens (including phenoxy) is 12. The van der Waals surface area contributed by atoms with E-state index in [-0.39, 0.29) is 115 Å². The maximum absolute atomic E-state index is 14.5. The lowest BCUT2D eigenvalue weighted by Gasteiger charge is -2.49. The number of nitrogens with two attached hydrogens (primary N) is 1. The van der Waals surface area contributed by atoms with Gasteiger partial charge >= 0.3 is 17.9 Å². The number of aliphatic carboxylic acids is 1. The second kappa shape index (κ2) is 48.8. The number of amides is 1. The zero-order chi connectivity index (χ0) is 107. The molecule has 12 rings (SSSR count). The van der Waals surface area contributed by atoms with Crippen LogP contribution in [-0.2, 0) is 76.0 Å². The van der Waals surface area contributed by atoms with Crippen LogP contribution in [0.5, 0.6) is 0 Å². The van der Waals surface area contributed by atoms with E-state index >= 15 is 0 Å². The summed E-state index contributed by atoms with van der Waals surface area (Å²) in [7, 11) is 10.4. The lowest BCUT2D eigenvalue weighted by molar-refractivity contribution is -0.385. The standard InChI is InChI=1S/C51H85N5O15.C39H75N3O12.C12H12N2O4/c1-14-38-51(10,63)43(58)31(6)54(12)24-27(2)22-49(8,62)45(29(4)42(30(5)47(61)69-38)70-39-23-50(9,66-13)44(59)32(7)68-39)71-48-41(57)37(21-28(3)67-48)53(11)20-19-52-46(60)40-35-25-55(26-36(35)40)33-15-17-34(18-16-33)56(64)65;1-14-28-39(10,48)32(44)25(6)42(12)20-21(2)18-37(8,47)34(54-36-30(43)27(17-22(3)50-36)41(11)16-15-40)23(4)31(24(5)35(46)52-28)53-29-19-38(9,49-13)33(45)26(7)51-29;15-12(16)11-9-5-13(6-10(9)11)7-1-3-8(4-2-7)14(17)18/h15-18,27-32,35-45,48,57-59,62-63H,14,19-26H2,1-13H3,(H,52,60);21-34,36,43-45,47-48H,14-20,40H2,1-13H3;1-4,9-11H,5-6H2,(H,15,16)/t27-,28-,29+,30-,31-,32+,35-,36+,37+,38-,39+,40?,41-,42+,43-,44+,45-,48+,49-,50-,51-;21-,22-,23+,24-,25-,26+,27+,28-,29+,30-,31+,32-,33+,34-,36+,37-,38-,39-;/m11./s1. The minimum absolute atomic E-state index is 0.0211. The Labute approximate surface area is 843 Å². The predicted octanol–water partition coefficient (Wildman–Crippen LogP) is 5.27. The number of nitro benzene ring substituents is 2. The number of cyclic esters (lactones) is 2. The number of hydrogen-bond acceptors (Lipinski definition) is 37. The van der Waals surface area contributed by atoms with Gasteiger partial charge in [-0.2, -0.15) is 0 Å². The van der Waals surface area contributed by atoms with Crippen LogP contribution >= 0.6 is 0 Å². The zero-order valence-electron chi connectivity index (χ0n) is 88.9. The number of nitro groups is 2. The van der Waals surface area contributed by atoms with Crippen molar-refractivity contribution in [3.05, 3.63) is 68.8 Å². The number of aliphatic hydroxyl groups excluding tert-OH is 6. The molecule has 41 heteroatoms. The zero-order valence-corrected chi connectivity index (χ0v) is 88.9. The summed E-state index contributed by atoms with van der Waals surface area (Å²) < 4.78 is 75.8. The number of nitrogens with zero attached hydrogens (tertiary/aromatic N) is 8. The molecule has 1 amide bonds. The van der Waals surface area contributed by atoms with Crippen LogP contribution in [0.2, 0.25) is 0 Å². The number of piperidine rings is 2. The van der Waals surface area contributed by atoms with Gasteiger partial charge in [0.05, 0.1) is 98.8 Å². The Morgan fingerprint density at radius 3 is 1.17 bits per heavy atom. The molecule has 2 saturated carbocycles. The van der Waals surface area contributed by atoms with Crippen molar-refractivity contribution in [1.29, 1.82) is 0 Å². The fraction of sp³-hybridized carbons (Fsp3) is 0.843. The highest BCUT2D eigenvalue weighted by molar-refractivity contribution is 5.83. The van der Waals surface area contributed by atoms with Crippen LogP contribution < -0.4 is 20.9 Å². The number of esters is 2. The Balaban J connectivity index is 0.000000255. The number of hydrogen-bond donors (Lipinski definition) is 13. The normalized spacial score (nSPS) is 43.7. The molecule has 0 bridgehead atoms. The summed E-state index contributed by atoms with van der Waals surface area (Å²) in [6, 6.07) is 10.9. The average molecular weight is 2030 g/mol. The summed E-state index contributed by atoms with van der Waals surface area (Å²) in [6.07, 6.45) is -17.9. The number of carbonyl (C=O) groups is 4. The van der Waals surface area contributed by atoms with Gasteiger partial charge < -0.3 is 144 Å². The highest BCUT2D eigenvalue weighted by Gasteiger charge is 2.63. The minimum atomic E-state index is -1.85. The molecule has 2 aromatic rings. The molecule has 41 atom stereocenters. The molecule has 2 aromatic carbocycles. The Hall–Kier alpha value is -6.28. The number of nitrogens with one attached hydrogen (secondary N) is 1. The van der Waals surface area contributed by atoms with E-state index in [4.69, 9.17) is 67.7 Å². The summed E-state index contributed by atoms with van der Waals surface area (Å²) >= 11 is 0. The number of fused-ring (bicyclic) bond motifs is 2. The fourth-order valence-corrected chi connectivity index (χ4v) is 24.1. The van der Waals surface area contributed by atoms with Crippen LogP contribution in [0.15, 0.2) is 48.5 Å². The highest BCUT2D eigenvalue weighted by Crippen LogP contribution is 2.55. The maximum atomic E-state index is 14.5. The Kier molecular flexibility index (Phi) is 40.5. The molecule has 8 aliphatic heterocycles. The molecule has 8 saturated heterocycles. The van der Waals surface area contributed by atoms with E-state index in [2.05, 4.69) is 15.1 Å². The first-order valence-electron chi connectivity index (χ1n) is 51.4. The van der Waals surface area contributed by atoms with Crippen LogP contribution in [0.3, 0.4) is 0 Å². The number of anilines is 2. The number of carboxylic acid groups (broad SMARTS) is 1. The molecule has 10 aliphatic rings. The number of rotatable bonds is 25. The van der Waals surface area contributed by atoms with Crippen molar-refractivity contribution in [3.8, 4) is 0 Å². The number of carbonyl (C=O) groups excluding carboxylic acids is 3. The molecule has 816 valence electrons. The first-order valence-corrected chi connectivity index (χ1v) is 51.4. The van der Waals surface area contributed by atoms with Crippen LogP contribution in [-0.4, -0.2) is 398 Å². The monoisotopic (exact) mass is 2030 g/mol. The van der Waals surface area contributed by atoms with Gasteiger partial charge in [0.25, 0.3) is 11.4 Å². The molecule has 2 aliphatic carbocycles. The highest BCUT2D eigenvalue weighted by atomic mass is 16.7. The first-order chi connectivity index (χ1) is 66.7. The van der Waals surface area contributed by atoms with E-state index in [9.17, 15) is 90.5 Å². The first kappa shape index (κ1) is 119. The Bertz CT molecular complexity index is 4430. The van der Waals surface area contributed by atoms with Gasteiger partial charge in [-0.05, 0) is 223 Å². The molecule has 143 heavy (non-hydrogen) atoms. The summed E-state index contributed by atoms with van der Waals surface area (Å²) in [5.74, 6) is -5.61. The smallest absolute Gasteiger partial charge is 0.311 e. The van der Waals surface area contributed by atoms with E-state index in [0.717, 1.165) is 24.5 Å². The quantitative estimate of drug-likeness (QED) is 0.0342. The van der Waals surface area contributed by atoms with E-state index in [1.165, 1.54) is 52.3 Å². The van der Waals surface area contributed by atoms with E-state index in [1.54, 1.807) is 114 Å². The van der Waals surface area contributed by atoms with Crippen LogP contribution in [0.25, 0.3) is 0 Å². The SMILES string of the molecule is CC[C@H]1OC(=O)[C@H](C)[C@@H](O[C@H]2C[C@@](C)(OC)[C@@H](O)[C@H](C)O2)[C@H](C)[C@@H](O[C@@H]2O[C@H](C)C[C@H](N(C)CCN)[C@H]2O)[C@](C)(O)C[C@@H](C)CN(C)[C@H](C)[C@@H](O)[C@]1(C)O.CC[C@H]1OC(=O)[C@H](C)[C@@H](O[C@H]2C[C@@](C)(OC)[C@@H](O)[C@H](C)O2)[C@H](C)[C@@H](O[C@@H]2O[C@H](C)C[C@H](N(C)CCNC(=O)C3[C@H]4CN(c5ccc([N+](=O)[O-])cc5)C[C@@H]34)[C@H]2O)[C@](C)(O)C[C@@H](C)CN(C)[C@H](C)[C@@H](O)[C@]1(C)O.O=C(O)C1C2CN(c3ccc([N+](=O)[O-])cc3)CC21. The van der Waals surface area contributed by atoms with Crippen molar-refractivity contribution in [2.24, 2.45) is 76.7 Å². The van der Waals surface area contributed by atoms with Gasteiger partial charge in [-0.15, -0.1) is 0 Å². The molecule has 0 spiro atoms. The third-order valence-electron chi connectivity index (χ3n) is 33.3. The van der Waals surface area contributed by atoms with Gasteiger partial charge in [-0.1, -0.05) is 41.5 Å². The molecule has 8 heterocycles. The summed E-state index contributed by atoms with van der Waals surface area (Å²) in [5.41, 5.74) is -1.20. The maximum Gasteiger partial charge on any atom is 0.311 e. The molecule has 41 nitrogen and oxygen atoms in total. The van der Waals surface area contributed by atoms with Gasteiger partial charge in [-0.3, -0.25) is 49.2 Å². The number of carboxylic acids is 1. The molecule has 0 aromatic heterocycles. The lowest BCUT2D eigenvalue weighted by atomic mass is 9.77. The summed E-state index contributed by atoms with van der Waals surface area (Å²) in [6.45, 7) is 40.4. The lowest BCUT2D eigenvalue weighted by Crippen LogP contribution is -2.61. The third kappa shape index (κ3) is 27.6. The molecule has 10 fully saturated rings. The largest absolute Gasteiger partial charge is 0.481 e. The van der Waals surface area contributed by atoms with Gasteiger partial charge in [0.1, 0.15) is 60.0 Å². The molecule has 14 N–H and O–H groups in total. The Morgan fingerprint density at radius 1 is 0.510 bits per heavy atom. The second-order valence-electron chi connectivity index (χ2n) is 44.8. The van der Waals surface area contributed by atoms with Gasteiger partial charge in [0.15, 0.2) is 25.2 Å². The third-order valence-corrected chi connectivity index (χ3v) is 33.3. The van der Waals surface area contributed by atoms with Crippen molar-refractivity contribution in [2.75, 3.05) is 118 Å². The topological polar surface area (TPSA) is 545 Å². The van der Waals surface area contributed by atoms with Gasteiger partial charge in [0, 0.05) is 170 Å². The average Bonchev–Trinajstić information content (AvgIpc) is 1.57. The van der Waals surface area contributed by atoms with Crippen LogP contribution in [0.4, 0.5) is 22.7 Å².